The van der Waals surface area contributed by atoms with E-state index in [1.165, 1.54) is 17.5 Å². The first-order chi connectivity index (χ1) is 14.7. The molecule has 1 unspecified atom stereocenters. The molecule has 1 aliphatic carbocycles. The molecule has 2 heterocycles. The van der Waals surface area contributed by atoms with E-state index in [1.807, 2.05) is 31.7 Å². The average Bonchev–Trinajstić information content (AvgIpc) is 3.32. The fourth-order valence-electron chi connectivity index (χ4n) is 4.89. The fraction of sp³-hybridized carbons (Fsp3) is 0.625. The molecule has 3 amide bonds. The van der Waals surface area contributed by atoms with Gasteiger partial charge in [0, 0.05) is 50.4 Å². The number of benzene rings is 1. The van der Waals surface area contributed by atoms with Crippen LogP contribution in [0.1, 0.15) is 44.7 Å². The summed E-state index contributed by atoms with van der Waals surface area (Å²) in [5.74, 6) is -0.167. The van der Waals surface area contributed by atoms with Crippen LogP contribution in [0.5, 0.6) is 0 Å². The molecule has 0 aromatic heterocycles. The molecular formula is C24H34N4O3. The van der Waals surface area contributed by atoms with E-state index in [1.54, 1.807) is 4.90 Å². The Kier molecular flexibility index (Phi) is 6.06. The molecule has 7 heteroatoms. The van der Waals surface area contributed by atoms with E-state index in [9.17, 15) is 14.4 Å². The molecule has 0 saturated carbocycles. The molecule has 1 aromatic rings. The molecule has 7 nitrogen and oxygen atoms in total. The minimum Gasteiger partial charge on any atom is -0.350 e. The summed E-state index contributed by atoms with van der Waals surface area (Å²) in [6.07, 6.45) is 3.65. The van der Waals surface area contributed by atoms with Crippen LogP contribution in [0.25, 0.3) is 0 Å². The third-order valence-corrected chi connectivity index (χ3v) is 6.43. The van der Waals surface area contributed by atoms with Crippen molar-refractivity contribution < 1.29 is 14.4 Å². The third kappa shape index (κ3) is 5.09. The predicted molar refractivity (Wildman–Crippen MR) is 120 cm³/mol. The number of aryl methyl sites for hydroxylation is 2. The second-order valence-corrected chi connectivity index (χ2v) is 10.1. The minimum absolute atomic E-state index is 0.0126. The highest BCUT2D eigenvalue weighted by Gasteiger charge is 2.38. The molecule has 1 aromatic carbocycles. The molecule has 0 spiro atoms. The summed E-state index contributed by atoms with van der Waals surface area (Å²) >= 11 is 0. The maximum absolute atomic E-state index is 13.1. The Bertz CT molecular complexity index is 868. The highest BCUT2D eigenvalue weighted by atomic mass is 16.2. The highest BCUT2D eigenvalue weighted by molar-refractivity contribution is 6.00. The molecule has 1 atom stereocenters. The largest absolute Gasteiger partial charge is 0.350 e. The molecule has 0 radical (unpaired) electrons. The van der Waals surface area contributed by atoms with Gasteiger partial charge < -0.3 is 15.1 Å². The van der Waals surface area contributed by atoms with Gasteiger partial charge in [0.15, 0.2) is 0 Å². The van der Waals surface area contributed by atoms with Crippen LogP contribution in [0.3, 0.4) is 0 Å². The van der Waals surface area contributed by atoms with Gasteiger partial charge in [0.2, 0.25) is 17.7 Å². The lowest BCUT2D eigenvalue weighted by molar-refractivity contribution is -0.137. The highest BCUT2D eigenvalue weighted by Crippen LogP contribution is 2.31. The van der Waals surface area contributed by atoms with Crippen LogP contribution in [0.2, 0.25) is 0 Å². The number of nitrogens with one attached hydrogen (secondary N) is 1. The van der Waals surface area contributed by atoms with Crippen molar-refractivity contribution >= 4 is 23.4 Å². The van der Waals surface area contributed by atoms with Crippen molar-refractivity contribution in [3.8, 4) is 0 Å². The molecule has 2 aliphatic heterocycles. The summed E-state index contributed by atoms with van der Waals surface area (Å²) in [6.45, 7) is 9.29. The Balaban J connectivity index is 1.30. The molecule has 31 heavy (non-hydrogen) atoms. The van der Waals surface area contributed by atoms with Crippen LogP contribution in [0.15, 0.2) is 18.2 Å². The van der Waals surface area contributed by atoms with Crippen molar-refractivity contribution in [2.24, 2.45) is 5.92 Å². The van der Waals surface area contributed by atoms with Crippen LogP contribution in [-0.4, -0.2) is 72.3 Å². The number of anilines is 1. The topological polar surface area (TPSA) is 73.0 Å². The number of carbonyl (C=O) groups excluding carboxylic acids is 3. The molecular weight excluding hydrogens is 392 g/mol. The minimum atomic E-state index is -0.281. The van der Waals surface area contributed by atoms with Gasteiger partial charge in [-0.15, -0.1) is 0 Å². The number of fused-ring (bicyclic) bond motifs is 1. The number of amides is 3. The summed E-state index contributed by atoms with van der Waals surface area (Å²) in [5, 5.41) is 2.98. The second kappa shape index (κ2) is 8.61. The van der Waals surface area contributed by atoms with E-state index in [0.717, 1.165) is 18.5 Å². The van der Waals surface area contributed by atoms with E-state index < -0.39 is 0 Å². The monoisotopic (exact) mass is 426 g/mol. The van der Waals surface area contributed by atoms with Gasteiger partial charge in [-0.25, -0.2) is 0 Å². The van der Waals surface area contributed by atoms with Crippen molar-refractivity contribution in [3.63, 3.8) is 0 Å². The molecule has 168 valence electrons. The van der Waals surface area contributed by atoms with Gasteiger partial charge in [-0.05, 0) is 63.3 Å². The summed E-state index contributed by atoms with van der Waals surface area (Å²) in [5.41, 5.74) is 3.41. The lowest BCUT2D eigenvalue weighted by Gasteiger charge is -2.36. The van der Waals surface area contributed by atoms with E-state index >= 15 is 0 Å². The Morgan fingerprint density at radius 1 is 1.06 bits per heavy atom. The van der Waals surface area contributed by atoms with Crippen molar-refractivity contribution in [3.05, 3.63) is 29.3 Å². The van der Waals surface area contributed by atoms with Crippen LogP contribution < -0.4 is 10.2 Å². The summed E-state index contributed by atoms with van der Waals surface area (Å²) in [4.78, 5) is 43.6. The number of carbonyl (C=O) groups is 3. The van der Waals surface area contributed by atoms with Gasteiger partial charge in [-0.1, -0.05) is 6.07 Å². The van der Waals surface area contributed by atoms with Crippen molar-refractivity contribution in [1.82, 2.24) is 15.1 Å². The van der Waals surface area contributed by atoms with E-state index in [-0.39, 0.29) is 35.6 Å². The first-order valence-corrected chi connectivity index (χ1v) is 11.4. The van der Waals surface area contributed by atoms with E-state index in [0.29, 0.717) is 39.3 Å². The number of piperazine rings is 1. The zero-order valence-corrected chi connectivity index (χ0v) is 18.9. The Morgan fingerprint density at radius 2 is 1.77 bits per heavy atom. The fourth-order valence-corrected chi connectivity index (χ4v) is 4.89. The normalized spacial score (nSPS) is 22.0. The first-order valence-electron chi connectivity index (χ1n) is 11.4. The van der Waals surface area contributed by atoms with Gasteiger partial charge >= 0.3 is 0 Å². The van der Waals surface area contributed by atoms with E-state index in [2.05, 4.69) is 22.3 Å². The quantitative estimate of drug-likeness (QED) is 0.794. The Hall–Kier alpha value is -2.41. The number of hydrogen-bond donors (Lipinski definition) is 1. The van der Waals surface area contributed by atoms with Gasteiger partial charge in [0.05, 0.1) is 12.5 Å². The molecule has 0 bridgehead atoms. The van der Waals surface area contributed by atoms with Crippen LogP contribution in [0, 0.1) is 5.92 Å². The van der Waals surface area contributed by atoms with Crippen LogP contribution >= 0.6 is 0 Å². The lowest BCUT2D eigenvalue weighted by Crippen LogP contribution is -2.53. The number of rotatable bonds is 4. The zero-order valence-electron chi connectivity index (χ0n) is 18.9. The molecule has 1 N–H and O–H groups in total. The van der Waals surface area contributed by atoms with E-state index in [4.69, 9.17) is 0 Å². The SMILES string of the molecule is CC(C)(C)NC(=O)CN1CCN(C(=O)C2CC(=O)N(c3ccc4c(c3)CCC4)C2)CC1. The molecule has 2 fully saturated rings. The number of hydrogen-bond acceptors (Lipinski definition) is 4. The smallest absolute Gasteiger partial charge is 0.234 e. The van der Waals surface area contributed by atoms with Gasteiger partial charge in [-0.3, -0.25) is 19.3 Å². The van der Waals surface area contributed by atoms with Gasteiger partial charge in [0.25, 0.3) is 0 Å². The molecule has 2 saturated heterocycles. The standard InChI is InChI=1S/C24H34N4O3/c1-24(2,3)25-21(29)16-26-9-11-27(12-10-26)23(31)19-14-22(30)28(15-19)20-8-7-17-5-4-6-18(17)13-20/h7-8,13,19H,4-6,9-12,14-16H2,1-3H3,(H,25,29). The van der Waals surface area contributed by atoms with Crippen LogP contribution in [0.4, 0.5) is 5.69 Å². The summed E-state index contributed by atoms with van der Waals surface area (Å²) in [7, 11) is 0. The summed E-state index contributed by atoms with van der Waals surface area (Å²) < 4.78 is 0. The number of nitrogens with zero attached hydrogens (tertiary/aromatic N) is 3. The third-order valence-electron chi connectivity index (χ3n) is 6.43. The maximum atomic E-state index is 13.1. The van der Waals surface area contributed by atoms with Crippen molar-refractivity contribution in [1.29, 1.82) is 0 Å². The molecule has 4 rings (SSSR count). The Morgan fingerprint density at radius 3 is 2.48 bits per heavy atom. The van der Waals surface area contributed by atoms with Crippen molar-refractivity contribution in [2.45, 2.75) is 52.0 Å². The molecule has 3 aliphatic rings. The average molecular weight is 427 g/mol. The first kappa shape index (κ1) is 21.8. The van der Waals surface area contributed by atoms with Gasteiger partial charge in [0.1, 0.15) is 0 Å². The van der Waals surface area contributed by atoms with Gasteiger partial charge in [-0.2, -0.15) is 0 Å². The second-order valence-electron chi connectivity index (χ2n) is 10.1. The zero-order chi connectivity index (χ0) is 22.2. The maximum Gasteiger partial charge on any atom is 0.234 e. The predicted octanol–water partition coefficient (Wildman–Crippen LogP) is 1.59. The lowest BCUT2D eigenvalue weighted by atomic mass is 10.1. The summed E-state index contributed by atoms with van der Waals surface area (Å²) in [6, 6.07) is 6.29. The van der Waals surface area contributed by atoms with Crippen LogP contribution in [-0.2, 0) is 27.2 Å². The Labute approximate surface area is 184 Å². The van der Waals surface area contributed by atoms with Crippen molar-refractivity contribution in [2.75, 3.05) is 44.2 Å².